The molecule has 0 aliphatic rings. The van der Waals surface area contributed by atoms with Gasteiger partial charge in [0.1, 0.15) is 19.8 Å². The molecule has 0 spiro atoms. The SMILES string of the molecule is O=C(CO)Nc1c(I)c(NC(=O)CO)c(I)c(C(=O)CO)c1I. The lowest BCUT2D eigenvalue weighted by molar-refractivity contribution is -0.119. The lowest BCUT2D eigenvalue weighted by Gasteiger charge is -2.19. The monoisotopic (exact) mass is 660 g/mol. The zero-order chi connectivity index (χ0) is 17.7. The number of amides is 2. The van der Waals surface area contributed by atoms with Gasteiger partial charge in [0, 0.05) is 7.14 Å². The summed E-state index contributed by atoms with van der Waals surface area (Å²) in [7, 11) is 0. The summed E-state index contributed by atoms with van der Waals surface area (Å²) in [4.78, 5) is 35.0. The minimum atomic E-state index is -0.750. The predicted molar refractivity (Wildman–Crippen MR) is 107 cm³/mol. The third-order valence-corrected chi connectivity index (χ3v) is 5.79. The number of aliphatic hydroxyl groups is 3. The van der Waals surface area contributed by atoms with E-state index in [1.807, 2.05) is 67.8 Å². The topological polar surface area (TPSA) is 136 Å². The van der Waals surface area contributed by atoms with Gasteiger partial charge in [-0.25, -0.2) is 0 Å². The van der Waals surface area contributed by atoms with E-state index in [1.165, 1.54) is 0 Å². The highest BCUT2D eigenvalue weighted by Gasteiger charge is 2.25. The largest absolute Gasteiger partial charge is 0.388 e. The maximum absolute atomic E-state index is 12.0. The molecule has 1 aromatic rings. The van der Waals surface area contributed by atoms with Crippen molar-refractivity contribution in [3.8, 4) is 0 Å². The van der Waals surface area contributed by atoms with Gasteiger partial charge in [0.05, 0.1) is 20.5 Å². The average molecular weight is 660 g/mol. The summed E-state index contributed by atoms with van der Waals surface area (Å²) in [6.45, 7) is -2.24. The van der Waals surface area contributed by atoms with Crippen LogP contribution >= 0.6 is 67.8 Å². The Kier molecular flexibility index (Phi) is 8.56. The Balaban J connectivity index is 3.62. The van der Waals surface area contributed by atoms with Crippen LogP contribution in [0.4, 0.5) is 11.4 Å². The molecule has 8 nitrogen and oxygen atoms in total. The number of rotatable bonds is 6. The van der Waals surface area contributed by atoms with Crippen LogP contribution in [0.15, 0.2) is 0 Å². The van der Waals surface area contributed by atoms with Crippen molar-refractivity contribution in [2.45, 2.75) is 0 Å². The number of carbonyl (C=O) groups is 3. The van der Waals surface area contributed by atoms with Gasteiger partial charge < -0.3 is 26.0 Å². The molecule has 11 heteroatoms. The first-order valence-electron chi connectivity index (χ1n) is 5.94. The van der Waals surface area contributed by atoms with Gasteiger partial charge in [0.2, 0.25) is 11.8 Å². The number of aliphatic hydroxyl groups excluding tert-OH is 3. The summed E-state index contributed by atoms with van der Waals surface area (Å²) in [5.74, 6) is -1.97. The Labute approximate surface area is 171 Å². The van der Waals surface area contributed by atoms with E-state index in [0.717, 1.165) is 0 Å². The molecule has 0 aromatic heterocycles. The van der Waals surface area contributed by atoms with Crippen LogP contribution in [0.2, 0.25) is 0 Å². The number of anilines is 2. The normalized spacial score (nSPS) is 10.3. The molecule has 0 saturated carbocycles. The van der Waals surface area contributed by atoms with E-state index in [4.69, 9.17) is 15.3 Å². The van der Waals surface area contributed by atoms with Crippen LogP contribution in [0, 0.1) is 10.7 Å². The Morgan fingerprint density at radius 1 is 0.739 bits per heavy atom. The van der Waals surface area contributed by atoms with E-state index < -0.39 is 37.4 Å². The molecule has 5 N–H and O–H groups in total. The molecule has 0 aliphatic carbocycles. The first-order valence-corrected chi connectivity index (χ1v) is 9.17. The molecule has 0 bridgehead atoms. The first kappa shape index (κ1) is 20.9. The van der Waals surface area contributed by atoms with Crippen LogP contribution in [0.3, 0.4) is 0 Å². The molecule has 23 heavy (non-hydrogen) atoms. The molecule has 0 radical (unpaired) electrons. The molecule has 0 unspecified atom stereocenters. The Morgan fingerprint density at radius 3 is 1.43 bits per heavy atom. The average Bonchev–Trinajstić information content (AvgIpc) is 2.54. The van der Waals surface area contributed by atoms with Gasteiger partial charge in [-0.3, -0.25) is 14.4 Å². The van der Waals surface area contributed by atoms with Crippen LogP contribution in [0.25, 0.3) is 0 Å². The smallest absolute Gasteiger partial charge is 0.250 e. The minimum absolute atomic E-state index is 0.135. The summed E-state index contributed by atoms with van der Waals surface area (Å²) < 4.78 is 1.17. The quantitative estimate of drug-likeness (QED) is 0.224. The maximum Gasteiger partial charge on any atom is 0.250 e. The second-order valence-corrected chi connectivity index (χ2v) is 7.30. The van der Waals surface area contributed by atoms with Crippen LogP contribution in [-0.2, 0) is 9.59 Å². The molecule has 0 saturated heterocycles. The number of carbonyl (C=O) groups excluding carboxylic acids is 3. The van der Waals surface area contributed by atoms with Crippen LogP contribution in [0.5, 0.6) is 0 Å². The molecule has 1 aromatic carbocycles. The van der Waals surface area contributed by atoms with E-state index in [1.54, 1.807) is 0 Å². The Hall–Kier alpha value is -0.100. The zero-order valence-electron chi connectivity index (χ0n) is 11.3. The highest BCUT2D eigenvalue weighted by atomic mass is 127. The van der Waals surface area contributed by atoms with E-state index in [2.05, 4.69) is 10.6 Å². The Bertz CT molecular complexity index is 620. The fraction of sp³-hybridized carbons (Fsp3) is 0.250. The highest BCUT2D eigenvalue weighted by molar-refractivity contribution is 14.1. The molecule has 0 aliphatic heterocycles. The van der Waals surface area contributed by atoms with E-state index in [9.17, 15) is 14.4 Å². The molecule has 1 rings (SSSR count). The zero-order valence-corrected chi connectivity index (χ0v) is 17.8. The van der Waals surface area contributed by atoms with Crippen LogP contribution < -0.4 is 10.6 Å². The third-order valence-electron chi connectivity index (χ3n) is 2.56. The van der Waals surface area contributed by atoms with Crippen molar-refractivity contribution in [1.82, 2.24) is 0 Å². The van der Waals surface area contributed by atoms with Crippen molar-refractivity contribution < 1.29 is 29.7 Å². The van der Waals surface area contributed by atoms with Crippen molar-refractivity contribution >= 4 is 96.7 Å². The maximum atomic E-state index is 12.0. The van der Waals surface area contributed by atoms with Crippen molar-refractivity contribution in [2.75, 3.05) is 30.5 Å². The molecule has 0 fully saturated rings. The molecule has 0 heterocycles. The van der Waals surface area contributed by atoms with Crippen molar-refractivity contribution in [1.29, 1.82) is 0 Å². The van der Waals surface area contributed by atoms with Crippen molar-refractivity contribution in [3.05, 3.63) is 16.3 Å². The fourth-order valence-corrected chi connectivity index (χ4v) is 5.87. The van der Waals surface area contributed by atoms with E-state index in [-0.39, 0.29) is 16.9 Å². The summed E-state index contributed by atoms with van der Waals surface area (Å²) in [5, 5.41) is 31.8. The number of benzene rings is 1. The summed E-state index contributed by atoms with van der Waals surface area (Å²) >= 11 is 5.55. The number of Topliss-reactive ketones (excluding diaryl/α,β-unsaturated/α-hetero) is 1. The second-order valence-electron chi connectivity index (χ2n) is 4.06. The van der Waals surface area contributed by atoms with Gasteiger partial charge in [-0.1, -0.05) is 0 Å². The third kappa shape index (κ3) is 4.94. The van der Waals surface area contributed by atoms with Gasteiger partial charge in [-0.2, -0.15) is 0 Å². The molecular formula is C12H11I3N2O6. The number of ketones is 1. The summed E-state index contributed by atoms with van der Waals surface area (Å²) in [5.41, 5.74) is 0.599. The van der Waals surface area contributed by atoms with Crippen LogP contribution in [-0.4, -0.2) is 52.7 Å². The summed E-state index contributed by atoms with van der Waals surface area (Å²) in [6.07, 6.45) is 0. The van der Waals surface area contributed by atoms with Crippen molar-refractivity contribution in [3.63, 3.8) is 0 Å². The number of hydrogen-bond acceptors (Lipinski definition) is 6. The molecule has 2 amide bonds. The molecule has 0 atom stereocenters. The number of hydrogen-bond donors (Lipinski definition) is 5. The predicted octanol–water partition coefficient (Wildman–Crippen LogP) is 0.537. The molecule has 126 valence electrons. The summed E-state index contributed by atoms with van der Waals surface area (Å²) in [6, 6.07) is 0. The number of halogens is 3. The standard InChI is InChI=1S/C12H11I3N2O6/c13-8-7(4(21)1-18)9(14)12(17-6(23)3-20)10(15)11(8)16-5(22)2-19/h18-20H,1-3H2,(H,16,22)(H,17,23). The second kappa shape index (κ2) is 9.40. The van der Waals surface area contributed by atoms with Gasteiger partial charge in [0.15, 0.2) is 5.78 Å². The van der Waals surface area contributed by atoms with Gasteiger partial charge in [0.25, 0.3) is 0 Å². The van der Waals surface area contributed by atoms with Gasteiger partial charge in [-0.05, 0) is 67.8 Å². The van der Waals surface area contributed by atoms with Gasteiger partial charge in [-0.15, -0.1) is 0 Å². The van der Waals surface area contributed by atoms with E-state index >= 15 is 0 Å². The van der Waals surface area contributed by atoms with E-state index in [0.29, 0.717) is 10.7 Å². The van der Waals surface area contributed by atoms with Crippen molar-refractivity contribution in [2.24, 2.45) is 0 Å². The van der Waals surface area contributed by atoms with Gasteiger partial charge >= 0.3 is 0 Å². The lowest BCUT2D eigenvalue weighted by Crippen LogP contribution is -2.23. The number of nitrogens with one attached hydrogen (secondary N) is 2. The van der Waals surface area contributed by atoms with Crippen LogP contribution in [0.1, 0.15) is 10.4 Å². The minimum Gasteiger partial charge on any atom is -0.388 e. The Morgan fingerprint density at radius 2 is 1.13 bits per heavy atom. The fourth-order valence-electron chi connectivity index (χ4n) is 1.57. The lowest BCUT2D eigenvalue weighted by atomic mass is 10.1. The highest BCUT2D eigenvalue weighted by Crippen LogP contribution is 2.39. The molecular weight excluding hydrogens is 649 g/mol. The first-order chi connectivity index (χ1) is 10.8.